The third-order valence-corrected chi connectivity index (χ3v) is 4.11. The van der Waals surface area contributed by atoms with E-state index in [9.17, 15) is 0 Å². The van der Waals surface area contributed by atoms with Crippen molar-refractivity contribution >= 4 is 0 Å². The molecule has 2 atom stereocenters. The van der Waals surface area contributed by atoms with Crippen molar-refractivity contribution in [1.29, 1.82) is 5.26 Å². The normalized spacial score (nSPS) is 25.4. The predicted octanol–water partition coefficient (Wildman–Crippen LogP) is 4.00. The lowest BCUT2D eigenvalue weighted by Gasteiger charge is -2.11. The number of hydrogen-bond acceptors (Lipinski definition) is 1. The van der Waals surface area contributed by atoms with Gasteiger partial charge in [-0.2, -0.15) is 5.26 Å². The monoisotopic (exact) mass is 233 g/mol. The quantitative estimate of drug-likeness (QED) is 0.769. The zero-order valence-electron chi connectivity index (χ0n) is 10.4. The zero-order chi connectivity index (χ0) is 12.6. The highest BCUT2D eigenvalue weighted by Crippen LogP contribution is 2.60. The Morgan fingerprint density at radius 2 is 1.72 bits per heavy atom. The van der Waals surface area contributed by atoms with Crippen molar-refractivity contribution in [1.82, 2.24) is 0 Å². The Morgan fingerprint density at radius 3 is 2.33 bits per heavy atom. The lowest BCUT2D eigenvalue weighted by atomic mass is 9.92. The molecule has 0 aliphatic heterocycles. The van der Waals surface area contributed by atoms with Crippen LogP contribution >= 0.6 is 0 Å². The van der Waals surface area contributed by atoms with Crippen molar-refractivity contribution < 1.29 is 0 Å². The van der Waals surface area contributed by atoms with Gasteiger partial charge in [0.25, 0.3) is 0 Å². The van der Waals surface area contributed by atoms with Crippen molar-refractivity contribution in [3.8, 4) is 6.07 Å². The van der Waals surface area contributed by atoms with Crippen LogP contribution in [-0.2, 0) is 5.41 Å². The Labute approximate surface area is 108 Å². The first-order valence-corrected chi connectivity index (χ1v) is 6.29. The molecule has 1 fully saturated rings. The van der Waals surface area contributed by atoms with Crippen molar-refractivity contribution in [2.75, 3.05) is 0 Å². The van der Waals surface area contributed by atoms with Gasteiger partial charge in [0.05, 0.1) is 11.6 Å². The molecule has 1 saturated carbocycles. The van der Waals surface area contributed by atoms with Crippen molar-refractivity contribution in [3.63, 3.8) is 0 Å². The minimum absolute atomic E-state index is 0.273. The Morgan fingerprint density at radius 1 is 1.06 bits per heavy atom. The molecule has 1 aliphatic rings. The summed E-state index contributed by atoms with van der Waals surface area (Å²) in [7, 11) is 0. The molecule has 2 aromatic rings. The Bertz CT molecular complexity index is 592. The molecule has 2 aromatic carbocycles. The van der Waals surface area contributed by atoms with Crippen molar-refractivity contribution in [2.24, 2.45) is 0 Å². The van der Waals surface area contributed by atoms with Gasteiger partial charge in [-0.15, -0.1) is 0 Å². The van der Waals surface area contributed by atoms with E-state index in [1.807, 2.05) is 12.1 Å². The van der Waals surface area contributed by atoms with Gasteiger partial charge < -0.3 is 0 Å². The molecule has 0 saturated heterocycles. The fraction of sp³-hybridized carbons (Fsp3) is 0.235. The van der Waals surface area contributed by atoms with Crippen LogP contribution in [0.3, 0.4) is 0 Å². The molecule has 0 spiro atoms. The van der Waals surface area contributed by atoms with Crippen molar-refractivity contribution in [3.05, 3.63) is 71.3 Å². The molecule has 0 aromatic heterocycles. The molecule has 0 heterocycles. The summed E-state index contributed by atoms with van der Waals surface area (Å²) in [6, 6.07) is 20.9. The van der Waals surface area contributed by atoms with Crippen LogP contribution in [0.1, 0.15) is 36.0 Å². The van der Waals surface area contributed by atoms with E-state index in [-0.39, 0.29) is 5.41 Å². The first kappa shape index (κ1) is 11.0. The highest BCUT2D eigenvalue weighted by Gasteiger charge is 2.51. The van der Waals surface area contributed by atoms with Gasteiger partial charge in [0.1, 0.15) is 0 Å². The van der Waals surface area contributed by atoms with E-state index in [1.165, 1.54) is 17.5 Å². The molecule has 1 aliphatic carbocycles. The third-order valence-electron chi connectivity index (χ3n) is 4.11. The van der Waals surface area contributed by atoms with E-state index >= 15 is 0 Å². The van der Waals surface area contributed by atoms with E-state index in [2.05, 4.69) is 55.5 Å². The summed E-state index contributed by atoms with van der Waals surface area (Å²) in [5.41, 5.74) is 3.77. The molecule has 88 valence electrons. The topological polar surface area (TPSA) is 23.8 Å². The van der Waals surface area contributed by atoms with E-state index in [4.69, 9.17) is 5.26 Å². The van der Waals surface area contributed by atoms with Gasteiger partial charge in [0, 0.05) is 0 Å². The largest absolute Gasteiger partial charge is 0.192 e. The smallest absolute Gasteiger partial charge is 0.0991 e. The van der Waals surface area contributed by atoms with Crippen LogP contribution in [-0.4, -0.2) is 0 Å². The van der Waals surface area contributed by atoms with Gasteiger partial charge in [-0.05, 0) is 41.0 Å². The number of rotatable bonds is 2. The molecular weight excluding hydrogens is 218 g/mol. The Hall–Kier alpha value is -2.07. The van der Waals surface area contributed by atoms with Gasteiger partial charge in [-0.1, -0.05) is 49.4 Å². The van der Waals surface area contributed by atoms with E-state index in [0.717, 1.165) is 5.56 Å². The van der Waals surface area contributed by atoms with Gasteiger partial charge in [-0.25, -0.2) is 0 Å². The van der Waals surface area contributed by atoms with E-state index < -0.39 is 0 Å². The summed E-state index contributed by atoms with van der Waals surface area (Å²) >= 11 is 0. The summed E-state index contributed by atoms with van der Waals surface area (Å²) in [4.78, 5) is 0. The fourth-order valence-electron chi connectivity index (χ4n) is 2.78. The molecule has 18 heavy (non-hydrogen) atoms. The maximum absolute atomic E-state index is 8.81. The van der Waals surface area contributed by atoms with Crippen LogP contribution in [0.5, 0.6) is 0 Å². The van der Waals surface area contributed by atoms with Crippen LogP contribution in [0.25, 0.3) is 0 Å². The van der Waals surface area contributed by atoms with Crippen molar-refractivity contribution in [2.45, 2.75) is 24.7 Å². The predicted molar refractivity (Wildman–Crippen MR) is 72.3 cm³/mol. The van der Waals surface area contributed by atoms with Crippen LogP contribution in [0.15, 0.2) is 54.6 Å². The van der Waals surface area contributed by atoms with Gasteiger partial charge in [0.2, 0.25) is 0 Å². The molecule has 3 rings (SSSR count). The fourth-order valence-corrected chi connectivity index (χ4v) is 2.78. The number of nitriles is 1. The van der Waals surface area contributed by atoms with Crippen LogP contribution in [0.2, 0.25) is 0 Å². The van der Waals surface area contributed by atoms with Crippen LogP contribution < -0.4 is 0 Å². The van der Waals surface area contributed by atoms with E-state index in [1.54, 1.807) is 0 Å². The number of nitrogens with zero attached hydrogens (tertiary/aromatic N) is 1. The SMILES string of the molecule is C[C@]1(c2ccccc2)C[C@@H]1c1ccc(C#N)cc1. The van der Waals surface area contributed by atoms with Gasteiger partial charge in [-0.3, -0.25) is 0 Å². The zero-order valence-corrected chi connectivity index (χ0v) is 10.4. The summed E-state index contributed by atoms with van der Waals surface area (Å²) in [6.45, 7) is 2.32. The first-order valence-electron chi connectivity index (χ1n) is 6.29. The molecular formula is C17H15N. The minimum atomic E-state index is 0.273. The second-order valence-electron chi connectivity index (χ2n) is 5.27. The lowest BCUT2D eigenvalue weighted by molar-refractivity contribution is 0.749. The summed E-state index contributed by atoms with van der Waals surface area (Å²) in [6.07, 6.45) is 1.20. The van der Waals surface area contributed by atoms with Crippen LogP contribution in [0, 0.1) is 11.3 Å². The average molecular weight is 233 g/mol. The maximum Gasteiger partial charge on any atom is 0.0991 e. The Balaban J connectivity index is 1.87. The third kappa shape index (κ3) is 1.71. The minimum Gasteiger partial charge on any atom is -0.192 e. The van der Waals surface area contributed by atoms with Gasteiger partial charge >= 0.3 is 0 Å². The maximum atomic E-state index is 8.81. The van der Waals surface area contributed by atoms with Crippen LogP contribution in [0.4, 0.5) is 0 Å². The molecule has 0 N–H and O–H groups in total. The summed E-state index contributed by atoms with van der Waals surface area (Å²) in [5.74, 6) is 0.590. The molecule has 1 heteroatoms. The average Bonchev–Trinajstić information content (AvgIpc) is 3.14. The highest BCUT2D eigenvalue weighted by atomic mass is 14.5. The molecule has 1 nitrogen and oxygen atoms in total. The van der Waals surface area contributed by atoms with E-state index in [0.29, 0.717) is 5.92 Å². The lowest BCUT2D eigenvalue weighted by Crippen LogP contribution is -2.03. The molecule has 0 radical (unpaired) electrons. The second kappa shape index (κ2) is 3.99. The standard InChI is InChI=1S/C17H15N/c1-17(15-5-3-2-4-6-15)11-16(17)14-9-7-13(12-18)8-10-14/h2-10,16H,11H2,1H3/t16-,17-/m1/s1. The second-order valence-corrected chi connectivity index (χ2v) is 5.27. The first-order chi connectivity index (χ1) is 8.74. The number of hydrogen-bond donors (Lipinski definition) is 0. The number of benzene rings is 2. The summed E-state index contributed by atoms with van der Waals surface area (Å²) < 4.78 is 0. The molecule has 0 unspecified atom stereocenters. The van der Waals surface area contributed by atoms with Gasteiger partial charge in [0.15, 0.2) is 0 Å². The highest BCUT2D eigenvalue weighted by molar-refractivity contribution is 5.43. The summed E-state index contributed by atoms with van der Waals surface area (Å²) in [5, 5.41) is 8.81. The molecule has 0 amide bonds. The molecule has 0 bridgehead atoms. The Kier molecular flexibility index (Phi) is 2.45.